The van der Waals surface area contributed by atoms with E-state index < -0.39 is 13.9 Å². The first kappa shape index (κ1) is 31.8. The largest absolute Gasteiger partial charge is 0.472 e. The molecule has 0 heterocycles. The Balaban J connectivity index is 1.51. The Labute approximate surface area is 226 Å². The van der Waals surface area contributed by atoms with Crippen molar-refractivity contribution in [1.29, 1.82) is 0 Å². The van der Waals surface area contributed by atoms with Crippen molar-refractivity contribution in [2.45, 2.75) is 122 Å². The summed E-state index contributed by atoms with van der Waals surface area (Å²) in [5.41, 5.74) is 1.92. The van der Waals surface area contributed by atoms with Gasteiger partial charge in [-0.15, -0.1) is 0 Å². The molecule has 0 radical (unpaired) electrons. The first-order chi connectivity index (χ1) is 18.1. The van der Waals surface area contributed by atoms with Gasteiger partial charge in [-0.1, -0.05) is 164 Å². The topological polar surface area (TPSA) is 55.8 Å². The third-order valence-electron chi connectivity index (χ3n) is 6.95. The van der Waals surface area contributed by atoms with Gasteiger partial charge in [0.15, 0.2) is 0 Å². The maximum atomic E-state index is 12.7. The molecule has 0 fully saturated rings. The second-order valence-electron chi connectivity index (χ2n) is 10.3. The molecule has 2 aromatic rings. The Hall–Kier alpha value is -1.45. The van der Waals surface area contributed by atoms with Crippen molar-refractivity contribution in [3.63, 3.8) is 0 Å². The molecule has 0 aliphatic heterocycles. The van der Waals surface area contributed by atoms with Crippen LogP contribution in [0.25, 0.3) is 0 Å². The summed E-state index contributed by atoms with van der Waals surface area (Å²) in [5, 5.41) is 0. The summed E-state index contributed by atoms with van der Waals surface area (Å²) < 4.78 is 23.6. The van der Waals surface area contributed by atoms with Gasteiger partial charge in [0.25, 0.3) is 0 Å². The maximum Gasteiger partial charge on any atom is 0.472 e. The maximum absolute atomic E-state index is 12.7. The molecule has 0 bridgehead atoms. The molecule has 2 unspecified atom stereocenters. The van der Waals surface area contributed by atoms with Crippen molar-refractivity contribution < 1.29 is 18.5 Å². The van der Waals surface area contributed by atoms with E-state index in [0.29, 0.717) is 6.42 Å². The molecule has 0 saturated carbocycles. The van der Waals surface area contributed by atoms with Crippen LogP contribution in [0.15, 0.2) is 60.7 Å². The molecule has 2 aromatic carbocycles. The van der Waals surface area contributed by atoms with E-state index in [9.17, 15) is 9.46 Å². The van der Waals surface area contributed by atoms with Gasteiger partial charge in [0.05, 0.1) is 12.7 Å². The van der Waals surface area contributed by atoms with Gasteiger partial charge in [-0.3, -0.25) is 9.05 Å². The highest BCUT2D eigenvalue weighted by atomic mass is 31.2. The van der Waals surface area contributed by atoms with Gasteiger partial charge in [-0.05, 0) is 17.5 Å². The lowest BCUT2D eigenvalue weighted by Crippen LogP contribution is -2.08. The van der Waals surface area contributed by atoms with Crippen LogP contribution in [0, 0.1) is 0 Å². The molecule has 0 aromatic heterocycles. The first-order valence-corrected chi connectivity index (χ1v) is 16.3. The average molecular weight is 531 g/mol. The number of phosphoric acid groups is 1. The molecule has 0 spiro atoms. The zero-order chi connectivity index (χ0) is 26.4. The van der Waals surface area contributed by atoms with Gasteiger partial charge >= 0.3 is 7.82 Å². The Morgan fingerprint density at radius 3 is 1.57 bits per heavy atom. The van der Waals surface area contributed by atoms with Crippen LogP contribution >= 0.6 is 7.82 Å². The monoisotopic (exact) mass is 530 g/mol. The minimum Gasteiger partial charge on any atom is -0.302 e. The Morgan fingerprint density at radius 2 is 1.08 bits per heavy atom. The Kier molecular flexibility index (Phi) is 17.6. The van der Waals surface area contributed by atoms with Gasteiger partial charge in [-0.25, -0.2) is 4.57 Å². The molecular weight excluding hydrogens is 479 g/mol. The third kappa shape index (κ3) is 16.2. The van der Waals surface area contributed by atoms with Crippen molar-refractivity contribution in [3.8, 4) is 0 Å². The quantitative estimate of drug-likeness (QED) is 0.115. The van der Waals surface area contributed by atoms with Crippen molar-refractivity contribution in [3.05, 3.63) is 71.8 Å². The summed E-state index contributed by atoms with van der Waals surface area (Å²) in [6.07, 6.45) is 20.7. The molecule has 0 aliphatic carbocycles. The van der Waals surface area contributed by atoms with E-state index in [4.69, 9.17) is 9.05 Å². The van der Waals surface area contributed by atoms with Crippen LogP contribution in [-0.4, -0.2) is 11.5 Å². The van der Waals surface area contributed by atoms with Crippen molar-refractivity contribution in [2.24, 2.45) is 0 Å². The smallest absolute Gasteiger partial charge is 0.302 e. The van der Waals surface area contributed by atoms with E-state index >= 15 is 0 Å². The van der Waals surface area contributed by atoms with Gasteiger partial charge in [0.2, 0.25) is 0 Å². The van der Waals surface area contributed by atoms with Gasteiger partial charge in [-0.2, -0.15) is 0 Å². The lowest BCUT2D eigenvalue weighted by molar-refractivity contribution is 0.103. The van der Waals surface area contributed by atoms with Crippen LogP contribution in [-0.2, 0) is 20.0 Å². The summed E-state index contributed by atoms with van der Waals surface area (Å²) in [6, 6.07) is 19.5. The van der Waals surface area contributed by atoms with Crippen LogP contribution in [0.5, 0.6) is 0 Å². The summed E-state index contributed by atoms with van der Waals surface area (Å²) in [4.78, 5) is 10.4. The van der Waals surface area contributed by atoms with Crippen molar-refractivity contribution in [2.75, 3.05) is 6.61 Å². The summed E-state index contributed by atoms with van der Waals surface area (Å²) in [6.45, 7) is 2.52. The summed E-state index contributed by atoms with van der Waals surface area (Å²) >= 11 is 0. The predicted molar refractivity (Wildman–Crippen MR) is 156 cm³/mol. The fraction of sp³-hybridized carbons (Fsp3) is 0.625. The van der Waals surface area contributed by atoms with Crippen LogP contribution < -0.4 is 0 Å². The SMILES string of the molecule is CCCCCCCCCCCCCCCCCCOP(=O)(O)OC(Cc1ccccc1)c1ccccc1. The Morgan fingerprint density at radius 1 is 0.649 bits per heavy atom. The average Bonchev–Trinajstić information content (AvgIpc) is 2.91. The highest BCUT2D eigenvalue weighted by Crippen LogP contribution is 2.48. The Bertz CT molecular complexity index is 827. The molecule has 2 atom stereocenters. The number of hydrogen-bond acceptors (Lipinski definition) is 3. The molecule has 5 heteroatoms. The molecule has 0 amide bonds. The predicted octanol–water partition coefficient (Wildman–Crippen LogP) is 10.4. The highest BCUT2D eigenvalue weighted by Gasteiger charge is 2.27. The molecule has 1 N–H and O–H groups in total. The van der Waals surface area contributed by atoms with Gasteiger partial charge < -0.3 is 4.89 Å². The molecule has 208 valence electrons. The lowest BCUT2D eigenvalue weighted by atomic mass is 10.0. The number of rotatable bonds is 23. The zero-order valence-electron chi connectivity index (χ0n) is 23.2. The molecular formula is C32H51O4P. The summed E-state index contributed by atoms with van der Waals surface area (Å²) in [7, 11) is -4.14. The number of hydrogen-bond donors (Lipinski definition) is 1. The second kappa shape index (κ2) is 20.5. The van der Waals surface area contributed by atoms with E-state index in [1.807, 2.05) is 60.7 Å². The lowest BCUT2D eigenvalue weighted by Gasteiger charge is -2.21. The minimum atomic E-state index is -4.14. The van der Waals surface area contributed by atoms with Crippen molar-refractivity contribution in [1.82, 2.24) is 0 Å². The molecule has 2 rings (SSSR count). The third-order valence-corrected chi connectivity index (χ3v) is 7.98. The second-order valence-corrected chi connectivity index (χ2v) is 11.7. The van der Waals surface area contributed by atoms with Crippen LogP contribution in [0.1, 0.15) is 127 Å². The standard InChI is InChI=1S/C32H51O4P/c1-2-3-4-5-6-7-8-9-10-11-12-13-14-15-16-23-28-35-37(33,34)36-32(31-26-21-18-22-27-31)29-30-24-19-17-20-25-30/h17-22,24-27,32H,2-16,23,28-29H2,1H3,(H,33,34). The van der Waals surface area contributed by atoms with Gasteiger partial charge in [0.1, 0.15) is 0 Å². The summed E-state index contributed by atoms with van der Waals surface area (Å²) in [5.74, 6) is 0. The van der Waals surface area contributed by atoms with Crippen molar-refractivity contribution >= 4 is 7.82 Å². The van der Waals surface area contributed by atoms with Gasteiger partial charge in [0, 0.05) is 6.42 Å². The minimum absolute atomic E-state index is 0.249. The van der Waals surface area contributed by atoms with E-state index in [1.165, 1.54) is 83.5 Å². The van der Waals surface area contributed by atoms with Crippen LogP contribution in [0.4, 0.5) is 0 Å². The van der Waals surface area contributed by atoms with Crippen LogP contribution in [0.3, 0.4) is 0 Å². The molecule has 0 saturated heterocycles. The number of phosphoric ester groups is 1. The fourth-order valence-electron chi connectivity index (χ4n) is 4.73. The fourth-order valence-corrected chi connectivity index (χ4v) is 5.67. The number of benzene rings is 2. The van der Waals surface area contributed by atoms with E-state index in [2.05, 4.69) is 6.92 Å². The number of unbranched alkanes of at least 4 members (excludes halogenated alkanes) is 15. The normalized spacial score (nSPS) is 13.9. The molecule has 4 nitrogen and oxygen atoms in total. The van der Waals surface area contributed by atoms with Crippen LogP contribution in [0.2, 0.25) is 0 Å². The van der Waals surface area contributed by atoms with E-state index in [1.54, 1.807) is 0 Å². The highest BCUT2D eigenvalue weighted by molar-refractivity contribution is 7.47. The first-order valence-electron chi connectivity index (χ1n) is 14.9. The molecule has 37 heavy (non-hydrogen) atoms. The van der Waals surface area contributed by atoms with E-state index in [0.717, 1.165) is 30.4 Å². The molecule has 0 aliphatic rings. The van der Waals surface area contributed by atoms with E-state index in [-0.39, 0.29) is 6.61 Å². The zero-order valence-corrected chi connectivity index (χ0v) is 24.1.